The molecule has 0 saturated carbocycles. The molecule has 0 aliphatic carbocycles. The standard InChI is InChI=1S/C18H20N4/c1-21(12-9-16-7-10-19-11-8-16)18-13-20-22(15-18)14-17-5-3-2-4-6-17/h2-8,10-11,13,15H,9,12,14H2,1H3. The van der Waals surface area contributed by atoms with E-state index < -0.39 is 0 Å². The average Bonchev–Trinajstić information content (AvgIpc) is 3.03. The Morgan fingerprint density at radius 2 is 1.77 bits per heavy atom. The van der Waals surface area contributed by atoms with E-state index in [1.54, 1.807) is 0 Å². The molecule has 1 aromatic carbocycles. The Morgan fingerprint density at radius 3 is 2.55 bits per heavy atom. The number of likely N-dealkylation sites (N-methyl/N-ethyl adjacent to an activating group) is 1. The van der Waals surface area contributed by atoms with Crippen molar-refractivity contribution in [2.24, 2.45) is 0 Å². The van der Waals surface area contributed by atoms with E-state index in [2.05, 4.69) is 64.6 Å². The van der Waals surface area contributed by atoms with Gasteiger partial charge in [-0.2, -0.15) is 5.10 Å². The summed E-state index contributed by atoms with van der Waals surface area (Å²) < 4.78 is 1.98. The summed E-state index contributed by atoms with van der Waals surface area (Å²) in [6, 6.07) is 14.5. The van der Waals surface area contributed by atoms with Crippen molar-refractivity contribution >= 4 is 5.69 Å². The van der Waals surface area contributed by atoms with Crippen LogP contribution in [0, 0.1) is 0 Å². The van der Waals surface area contributed by atoms with Gasteiger partial charge in [-0.3, -0.25) is 9.67 Å². The molecule has 0 aliphatic rings. The number of hydrogen-bond donors (Lipinski definition) is 0. The fourth-order valence-electron chi connectivity index (χ4n) is 2.38. The number of rotatable bonds is 6. The molecule has 3 aromatic rings. The topological polar surface area (TPSA) is 34.0 Å². The Kier molecular flexibility index (Phi) is 4.49. The number of pyridine rings is 1. The van der Waals surface area contributed by atoms with Gasteiger partial charge in [-0.25, -0.2) is 0 Å². The molecule has 0 unspecified atom stereocenters. The Bertz CT molecular complexity index is 691. The van der Waals surface area contributed by atoms with E-state index in [-0.39, 0.29) is 0 Å². The molecule has 0 N–H and O–H groups in total. The minimum atomic E-state index is 0.805. The molecule has 22 heavy (non-hydrogen) atoms. The molecule has 2 aromatic heterocycles. The summed E-state index contributed by atoms with van der Waals surface area (Å²) in [6.45, 7) is 1.76. The van der Waals surface area contributed by atoms with Crippen LogP contribution in [-0.4, -0.2) is 28.4 Å². The molecule has 4 heteroatoms. The first-order chi connectivity index (χ1) is 10.8. The van der Waals surface area contributed by atoms with E-state index in [1.807, 2.05) is 29.3 Å². The molecule has 0 amide bonds. The number of nitrogens with zero attached hydrogens (tertiary/aromatic N) is 4. The smallest absolute Gasteiger partial charge is 0.0750 e. The lowest BCUT2D eigenvalue weighted by Crippen LogP contribution is -2.19. The average molecular weight is 292 g/mol. The van der Waals surface area contributed by atoms with Crippen LogP contribution in [-0.2, 0) is 13.0 Å². The van der Waals surface area contributed by atoms with Crippen LogP contribution in [0.3, 0.4) is 0 Å². The van der Waals surface area contributed by atoms with Crippen LogP contribution in [0.4, 0.5) is 5.69 Å². The van der Waals surface area contributed by atoms with Crippen molar-refractivity contribution < 1.29 is 0 Å². The zero-order chi connectivity index (χ0) is 15.2. The summed E-state index contributed by atoms with van der Waals surface area (Å²) in [5.41, 5.74) is 3.71. The van der Waals surface area contributed by atoms with Gasteiger partial charge in [-0.1, -0.05) is 30.3 Å². The predicted molar refractivity (Wildman–Crippen MR) is 89.0 cm³/mol. The van der Waals surface area contributed by atoms with Gasteiger partial charge in [0.1, 0.15) is 0 Å². The zero-order valence-electron chi connectivity index (χ0n) is 12.8. The predicted octanol–water partition coefficient (Wildman–Crippen LogP) is 3.01. The van der Waals surface area contributed by atoms with Gasteiger partial charge >= 0.3 is 0 Å². The highest BCUT2D eigenvalue weighted by atomic mass is 15.3. The van der Waals surface area contributed by atoms with Crippen molar-refractivity contribution in [2.75, 3.05) is 18.5 Å². The molecule has 112 valence electrons. The third-order valence-electron chi connectivity index (χ3n) is 3.73. The summed E-state index contributed by atoms with van der Waals surface area (Å²) in [7, 11) is 2.10. The fraction of sp³-hybridized carbons (Fsp3) is 0.222. The van der Waals surface area contributed by atoms with Crippen molar-refractivity contribution in [2.45, 2.75) is 13.0 Å². The van der Waals surface area contributed by atoms with Crippen LogP contribution in [0.1, 0.15) is 11.1 Å². The molecular formula is C18H20N4. The van der Waals surface area contributed by atoms with Crippen LogP contribution >= 0.6 is 0 Å². The Balaban J connectivity index is 1.58. The molecule has 4 nitrogen and oxygen atoms in total. The van der Waals surface area contributed by atoms with Gasteiger partial charge in [-0.15, -0.1) is 0 Å². The SMILES string of the molecule is CN(CCc1ccncc1)c1cnn(Cc2ccccc2)c1. The van der Waals surface area contributed by atoms with Gasteiger partial charge in [0.05, 0.1) is 18.4 Å². The minimum Gasteiger partial charge on any atom is -0.372 e. The third-order valence-corrected chi connectivity index (χ3v) is 3.73. The lowest BCUT2D eigenvalue weighted by molar-refractivity contribution is 0.686. The van der Waals surface area contributed by atoms with E-state index in [0.717, 1.165) is 25.2 Å². The van der Waals surface area contributed by atoms with Crippen molar-refractivity contribution in [1.82, 2.24) is 14.8 Å². The fourth-order valence-corrected chi connectivity index (χ4v) is 2.38. The molecule has 0 aliphatic heterocycles. The molecule has 2 heterocycles. The van der Waals surface area contributed by atoms with Crippen molar-refractivity contribution in [1.29, 1.82) is 0 Å². The highest BCUT2D eigenvalue weighted by Gasteiger charge is 2.05. The van der Waals surface area contributed by atoms with Crippen LogP contribution in [0.5, 0.6) is 0 Å². The summed E-state index contributed by atoms with van der Waals surface area (Å²) in [5.74, 6) is 0. The minimum absolute atomic E-state index is 0.805. The van der Waals surface area contributed by atoms with Crippen molar-refractivity contribution in [3.63, 3.8) is 0 Å². The quantitative estimate of drug-likeness (QED) is 0.700. The number of anilines is 1. The van der Waals surface area contributed by atoms with Crippen LogP contribution in [0.15, 0.2) is 67.3 Å². The largest absolute Gasteiger partial charge is 0.372 e. The summed E-state index contributed by atoms with van der Waals surface area (Å²) >= 11 is 0. The molecule has 3 rings (SSSR count). The summed E-state index contributed by atoms with van der Waals surface area (Å²) in [5, 5.41) is 4.45. The molecule has 0 fully saturated rings. The number of aromatic nitrogens is 3. The Labute approximate surface area is 131 Å². The van der Waals surface area contributed by atoms with E-state index in [0.29, 0.717) is 0 Å². The molecule has 0 atom stereocenters. The first-order valence-electron chi connectivity index (χ1n) is 7.48. The molecule has 0 radical (unpaired) electrons. The van der Waals surface area contributed by atoms with Crippen LogP contribution < -0.4 is 4.90 Å². The summed E-state index contributed by atoms with van der Waals surface area (Å²) in [6.07, 6.45) is 8.71. The van der Waals surface area contributed by atoms with Gasteiger partial charge in [0.2, 0.25) is 0 Å². The molecule has 0 spiro atoms. The van der Waals surface area contributed by atoms with E-state index in [9.17, 15) is 0 Å². The molecule has 0 saturated heterocycles. The van der Waals surface area contributed by atoms with Gasteiger partial charge in [0.15, 0.2) is 0 Å². The highest BCUT2D eigenvalue weighted by Crippen LogP contribution is 2.13. The van der Waals surface area contributed by atoms with Gasteiger partial charge in [0, 0.05) is 32.2 Å². The molecule has 0 bridgehead atoms. The van der Waals surface area contributed by atoms with Gasteiger partial charge < -0.3 is 4.90 Å². The normalized spacial score (nSPS) is 10.6. The number of hydrogen-bond acceptors (Lipinski definition) is 3. The van der Waals surface area contributed by atoms with Gasteiger partial charge in [-0.05, 0) is 29.7 Å². The maximum absolute atomic E-state index is 4.45. The van der Waals surface area contributed by atoms with E-state index in [1.165, 1.54) is 11.1 Å². The first kappa shape index (κ1) is 14.3. The van der Waals surface area contributed by atoms with Crippen molar-refractivity contribution in [3.8, 4) is 0 Å². The highest BCUT2D eigenvalue weighted by molar-refractivity contribution is 5.41. The first-order valence-corrected chi connectivity index (χ1v) is 7.48. The van der Waals surface area contributed by atoms with Crippen LogP contribution in [0.25, 0.3) is 0 Å². The van der Waals surface area contributed by atoms with E-state index >= 15 is 0 Å². The second-order valence-corrected chi connectivity index (χ2v) is 5.41. The van der Waals surface area contributed by atoms with E-state index in [4.69, 9.17) is 0 Å². The number of benzene rings is 1. The lowest BCUT2D eigenvalue weighted by atomic mass is 10.2. The molecular weight excluding hydrogens is 272 g/mol. The zero-order valence-corrected chi connectivity index (χ0v) is 12.8. The van der Waals surface area contributed by atoms with Crippen molar-refractivity contribution in [3.05, 3.63) is 78.4 Å². The second kappa shape index (κ2) is 6.89. The maximum atomic E-state index is 4.45. The van der Waals surface area contributed by atoms with Gasteiger partial charge in [0.25, 0.3) is 0 Å². The monoisotopic (exact) mass is 292 g/mol. The Hall–Kier alpha value is -2.62. The maximum Gasteiger partial charge on any atom is 0.0750 e. The summed E-state index contributed by atoms with van der Waals surface area (Å²) in [4.78, 5) is 6.28. The Morgan fingerprint density at radius 1 is 1.00 bits per heavy atom. The third kappa shape index (κ3) is 3.73. The second-order valence-electron chi connectivity index (χ2n) is 5.41. The van der Waals surface area contributed by atoms with Crippen LogP contribution in [0.2, 0.25) is 0 Å². The lowest BCUT2D eigenvalue weighted by Gasteiger charge is -2.16.